The van der Waals surface area contributed by atoms with Crippen LogP contribution in [0.3, 0.4) is 0 Å². The average molecular weight is 541 g/mol. The molecule has 0 aliphatic rings. The van der Waals surface area contributed by atoms with Crippen molar-refractivity contribution in [3.63, 3.8) is 0 Å². The Morgan fingerprint density at radius 2 is 1.35 bits per heavy atom. The van der Waals surface area contributed by atoms with Gasteiger partial charge in [-0.05, 0) is 29.3 Å². The molecule has 1 N–H and O–H groups in total. The normalized spacial score (nSPS) is 10.8. The minimum atomic E-state index is -0.370. The second-order valence-corrected chi connectivity index (χ2v) is 10.1. The fourth-order valence-electron chi connectivity index (χ4n) is 4.71. The van der Waals surface area contributed by atoms with Crippen molar-refractivity contribution in [1.29, 1.82) is 0 Å². The smallest absolute Gasteiger partial charge is 0.259 e. The second kappa shape index (κ2) is 11.0. The summed E-state index contributed by atoms with van der Waals surface area (Å²) in [5, 5.41) is 3.80. The Labute approximate surface area is 235 Å². The van der Waals surface area contributed by atoms with Gasteiger partial charge in [-0.1, -0.05) is 103 Å². The van der Waals surface area contributed by atoms with E-state index in [1.807, 2.05) is 91.0 Å². The number of anilines is 1. The number of aromatic nitrogens is 1. The molecular weight excluding hydrogens is 516 g/mol. The standard InChI is InChI=1S/C34H24N2O3S/c1-39-28-20-12-11-19-25(28)33(38)36-30-29-26(22-13-5-2-6-14-22)21-27(23-15-7-3-8-16-23)35-34(29)40-32(30)31(37)24-17-9-4-10-18-24/h2-21H,1H3,(H,36,38). The van der Waals surface area contributed by atoms with Crippen molar-refractivity contribution in [1.82, 2.24) is 4.98 Å². The topological polar surface area (TPSA) is 68.3 Å². The van der Waals surface area contributed by atoms with E-state index in [4.69, 9.17) is 9.72 Å². The zero-order valence-corrected chi connectivity index (χ0v) is 22.4. The van der Waals surface area contributed by atoms with Gasteiger partial charge in [0, 0.05) is 16.5 Å². The van der Waals surface area contributed by atoms with E-state index in [0.29, 0.717) is 32.3 Å². The average Bonchev–Trinajstić information content (AvgIpc) is 3.39. The van der Waals surface area contributed by atoms with Crippen molar-refractivity contribution < 1.29 is 14.3 Å². The van der Waals surface area contributed by atoms with Gasteiger partial charge in [-0.2, -0.15) is 0 Å². The van der Waals surface area contributed by atoms with Crippen LogP contribution < -0.4 is 10.1 Å². The lowest BCUT2D eigenvalue weighted by Gasteiger charge is -2.13. The number of para-hydroxylation sites is 1. The lowest BCUT2D eigenvalue weighted by molar-refractivity contribution is 0.102. The monoisotopic (exact) mass is 540 g/mol. The second-order valence-electron chi connectivity index (χ2n) is 9.12. The van der Waals surface area contributed by atoms with Gasteiger partial charge >= 0.3 is 0 Å². The Kier molecular flexibility index (Phi) is 6.91. The molecule has 0 bridgehead atoms. The predicted octanol–water partition coefficient (Wildman–Crippen LogP) is 8.12. The molecule has 6 heteroatoms. The molecule has 0 spiro atoms. The van der Waals surface area contributed by atoms with Gasteiger partial charge in [-0.15, -0.1) is 11.3 Å². The maximum Gasteiger partial charge on any atom is 0.259 e. The van der Waals surface area contributed by atoms with E-state index in [1.54, 1.807) is 30.3 Å². The van der Waals surface area contributed by atoms with Gasteiger partial charge in [0.05, 0.1) is 24.1 Å². The number of benzene rings is 4. The first-order valence-electron chi connectivity index (χ1n) is 12.8. The minimum Gasteiger partial charge on any atom is -0.496 e. The fraction of sp³-hybridized carbons (Fsp3) is 0.0294. The molecule has 0 saturated carbocycles. The van der Waals surface area contributed by atoms with Crippen LogP contribution in [0.5, 0.6) is 5.75 Å². The summed E-state index contributed by atoms with van der Waals surface area (Å²) in [7, 11) is 1.53. The Morgan fingerprint density at radius 3 is 2.02 bits per heavy atom. The summed E-state index contributed by atoms with van der Waals surface area (Å²) >= 11 is 1.29. The van der Waals surface area contributed by atoms with Crippen LogP contribution in [0.15, 0.2) is 121 Å². The highest BCUT2D eigenvalue weighted by Gasteiger charge is 2.26. The number of amides is 1. The van der Waals surface area contributed by atoms with Crippen molar-refractivity contribution in [2.24, 2.45) is 0 Å². The molecule has 0 atom stereocenters. The number of nitrogens with zero attached hydrogens (tertiary/aromatic N) is 1. The van der Waals surface area contributed by atoms with Crippen LogP contribution in [0.4, 0.5) is 5.69 Å². The lowest BCUT2D eigenvalue weighted by atomic mass is 9.98. The van der Waals surface area contributed by atoms with Gasteiger partial charge in [-0.3, -0.25) is 9.59 Å². The third-order valence-corrected chi connectivity index (χ3v) is 7.73. The van der Waals surface area contributed by atoms with Gasteiger partial charge in [-0.25, -0.2) is 4.98 Å². The molecule has 40 heavy (non-hydrogen) atoms. The first-order valence-corrected chi connectivity index (χ1v) is 13.6. The number of thiophene rings is 1. The summed E-state index contributed by atoms with van der Waals surface area (Å²) in [4.78, 5) is 33.6. The van der Waals surface area contributed by atoms with Gasteiger partial charge < -0.3 is 10.1 Å². The third kappa shape index (κ3) is 4.77. The molecule has 6 aromatic rings. The van der Waals surface area contributed by atoms with Crippen molar-refractivity contribution >= 4 is 38.9 Å². The summed E-state index contributed by atoms with van der Waals surface area (Å²) in [6, 6.07) is 38.0. The van der Waals surface area contributed by atoms with Crippen LogP contribution in [0.2, 0.25) is 0 Å². The molecule has 4 aromatic carbocycles. The number of rotatable bonds is 7. The number of hydrogen-bond acceptors (Lipinski definition) is 5. The molecule has 0 aliphatic carbocycles. The summed E-state index contributed by atoms with van der Waals surface area (Å²) < 4.78 is 5.44. The van der Waals surface area contributed by atoms with Crippen LogP contribution in [-0.4, -0.2) is 23.8 Å². The van der Waals surface area contributed by atoms with Crippen LogP contribution in [0.1, 0.15) is 25.6 Å². The number of carbonyl (C=O) groups is 2. The highest BCUT2D eigenvalue weighted by Crippen LogP contribution is 2.44. The maximum absolute atomic E-state index is 13.9. The fourth-order valence-corrected chi connectivity index (χ4v) is 5.83. The third-order valence-electron chi connectivity index (χ3n) is 6.65. The minimum absolute atomic E-state index is 0.181. The molecule has 0 radical (unpaired) electrons. The van der Waals surface area contributed by atoms with E-state index in [2.05, 4.69) is 5.32 Å². The van der Waals surface area contributed by atoms with Crippen molar-refractivity contribution in [2.45, 2.75) is 0 Å². The van der Waals surface area contributed by atoms with Crippen molar-refractivity contribution in [2.75, 3.05) is 12.4 Å². The molecule has 2 aromatic heterocycles. The van der Waals surface area contributed by atoms with Crippen LogP contribution in [-0.2, 0) is 0 Å². The molecule has 5 nitrogen and oxygen atoms in total. The summed E-state index contributed by atoms with van der Waals surface area (Å²) in [5.74, 6) is -0.104. The lowest BCUT2D eigenvalue weighted by Crippen LogP contribution is -2.15. The summed E-state index contributed by atoms with van der Waals surface area (Å²) in [6.45, 7) is 0. The first kappa shape index (κ1) is 25.2. The Bertz CT molecular complexity index is 1830. The van der Waals surface area contributed by atoms with Crippen molar-refractivity contribution in [3.05, 3.63) is 137 Å². The van der Waals surface area contributed by atoms with Gasteiger partial charge in [0.1, 0.15) is 15.5 Å². The Morgan fingerprint density at radius 1 is 0.750 bits per heavy atom. The molecule has 0 unspecified atom stereocenters. The number of ketones is 1. The SMILES string of the molecule is COc1ccccc1C(=O)Nc1c(C(=O)c2ccccc2)sc2nc(-c3ccccc3)cc(-c3ccccc3)c12. The van der Waals surface area contributed by atoms with Crippen molar-refractivity contribution in [3.8, 4) is 28.1 Å². The maximum atomic E-state index is 13.9. The summed E-state index contributed by atoms with van der Waals surface area (Å²) in [5.41, 5.74) is 4.93. The molecule has 0 fully saturated rings. The van der Waals surface area contributed by atoms with E-state index in [0.717, 1.165) is 27.8 Å². The number of fused-ring (bicyclic) bond motifs is 1. The molecule has 1 amide bonds. The van der Waals surface area contributed by atoms with Crippen LogP contribution in [0.25, 0.3) is 32.6 Å². The quantitative estimate of drug-likeness (QED) is 0.208. The molecule has 194 valence electrons. The predicted molar refractivity (Wildman–Crippen MR) is 161 cm³/mol. The van der Waals surface area contributed by atoms with E-state index < -0.39 is 0 Å². The largest absolute Gasteiger partial charge is 0.496 e. The van der Waals surface area contributed by atoms with E-state index in [1.165, 1.54) is 18.4 Å². The van der Waals surface area contributed by atoms with Gasteiger partial charge in [0.15, 0.2) is 0 Å². The molecule has 0 saturated heterocycles. The van der Waals surface area contributed by atoms with Crippen LogP contribution in [0, 0.1) is 0 Å². The number of methoxy groups -OCH3 is 1. The van der Waals surface area contributed by atoms with Crippen LogP contribution >= 0.6 is 11.3 Å². The van der Waals surface area contributed by atoms with Gasteiger partial charge in [0.2, 0.25) is 5.78 Å². The highest BCUT2D eigenvalue weighted by molar-refractivity contribution is 7.21. The molecular formula is C34H24N2O3S. The first-order chi connectivity index (χ1) is 19.6. The number of pyridine rings is 1. The molecule has 2 heterocycles. The van der Waals surface area contributed by atoms with E-state index in [9.17, 15) is 9.59 Å². The Hall–Kier alpha value is -5.07. The Balaban J connectivity index is 1.62. The number of nitrogens with one attached hydrogen (secondary N) is 1. The van der Waals surface area contributed by atoms with E-state index in [-0.39, 0.29) is 11.7 Å². The zero-order valence-electron chi connectivity index (χ0n) is 21.6. The number of ether oxygens (including phenoxy) is 1. The highest BCUT2D eigenvalue weighted by atomic mass is 32.1. The number of hydrogen-bond donors (Lipinski definition) is 1. The number of carbonyl (C=O) groups excluding carboxylic acids is 2. The molecule has 6 rings (SSSR count). The zero-order chi connectivity index (χ0) is 27.5. The summed E-state index contributed by atoms with van der Waals surface area (Å²) in [6.07, 6.45) is 0. The van der Waals surface area contributed by atoms with Gasteiger partial charge in [0.25, 0.3) is 5.91 Å². The molecule has 0 aliphatic heterocycles. The van der Waals surface area contributed by atoms with E-state index >= 15 is 0 Å².